The van der Waals surface area contributed by atoms with Gasteiger partial charge >= 0.3 is 12.3 Å². The van der Waals surface area contributed by atoms with E-state index in [-0.39, 0.29) is 25.2 Å². The Morgan fingerprint density at radius 3 is 2.62 bits per heavy atom. The lowest BCUT2D eigenvalue weighted by atomic mass is 10.0. The normalized spacial score (nSPS) is 18.8. The molecule has 2 aliphatic rings. The van der Waals surface area contributed by atoms with E-state index < -0.39 is 31.5 Å². The van der Waals surface area contributed by atoms with E-state index in [1.54, 1.807) is 37.9 Å². The number of fused-ring (bicyclic) bond motifs is 1. The number of hydrazine groups is 1. The molecule has 13 heteroatoms. The summed E-state index contributed by atoms with van der Waals surface area (Å²) in [5, 5.41) is 2.03. The molecule has 1 fully saturated rings. The van der Waals surface area contributed by atoms with Crippen LogP contribution in [0.15, 0.2) is 45.6 Å². The number of hydrogen-bond donors (Lipinski definition) is 1. The molecule has 1 N–H and O–H groups in total. The molecule has 1 atom stereocenters. The van der Waals surface area contributed by atoms with Crippen molar-refractivity contribution >= 4 is 46.7 Å². The maximum absolute atomic E-state index is 14.5. The Bertz CT molecular complexity index is 1350. The van der Waals surface area contributed by atoms with Crippen LogP contribution in [0.3, 0.4) is 0 Å². The molecule has 0 aliphatic carbocycles. The van der Waals surface area contributed by atoms with Gasteiger partial charge in [-0.15, -0.1) is 0 Å². The first-order valence-electron chi connectivity index (χ1n) is 14.2. The molecule has 2 aromatic rings. The topological polar surface area (TPSA) is 71.3 Å². The van der Waals surface area contributed by atoms with E-state index in [0.717, 1.165) is 22.2 Å². The average Bonchev–Trinajstić information content (AvgIpc) is 3.24. The molecule has 8 nitrogen and oxygen atoms in total. The van der Waals surface area contributed by atoms with E-state index in [1.165, 1.54) is 5.01 Å². The Kier molecular flexibility index (Phi) is 9.85. The number of nitrogens with zero attached hydrogens (tertiary/aromatic N) is 4. The lowest BCUT2D eigenvalue weighted by Gasteiger charge is -2.37. The van der Waals surface area contributed by atoms with Crippen molar-refractivity contribution in [1.82, 2.24) is 19.9 Å². The van der Waals surface area contributed by atoms with Crippen LogP contribution in [-0.2, 0) is 16.2 Å². The molecule has 3 heterocycles. The third-order valence-corrected chi connectivity index (χ3v) is 9.32. The molecular formula is C29H41BrF3N5O3Si. The lowest BCUT2D eigenvalue weighted by Crippen LogP contribution is -2.53. The number of ether oxygens (including phenoxy) is 2. The lowest BCUT2D eigenvalue weighted by molar-refractivity contribution is -0.0879. The zero-order valence-electron chi connectivity index (χ0n) is 25.1. The minimum Gasteiger partial charge on any atom is -0.444 e. The van der Waals surface area contributed by atoms with E-state index in [4.69, 9.17) is 9.47 Å². The fourth-order valence-corrected chi connectivity index (χ4v) is 6.31. The average molecular weight is 673 g/mol. The molecule has 1 saturated heterocycles. The molecule has 1 amide bonds. The van der Waals surface area contributed by atoms with E-state index in [2.05, 4.69) is 46.0 Å². The van der Waals surface area contributed by atoms with Crippen LogP contribution in [0, 0.1) is 0 Å². The molecule has 1 aromatic carbocycles. The summed E-state index contributed by atoms with van der Waals surface area (Å²) in [5.74, 6) is 0. The summed E-state index contributed by atoms with van der Waals surface area (Å²) < 4.78 is 57.5. The van der Waals surface area contributed by atoms with E-state index in [0.29, 0.717) is 43.5 Å². The number of carbonyl (C=O) groups excluding carboxylic acids is 1. The number of aromatic nitrogens is 1. The number of aliphatic imine (C=N–C) groups is 1. The fourth-order valence-electron chi connectivity index (χ4n) is 4.96. The van der Waals surface area contributed by atoms with E-state index in [1.807, 2.05) is 16.7 Å². The fraction of sp³-hybridized carbons (Fsp3) is 0.586. The highest BCUT2D eigenvalue weighted by atomic mass is 79.9. The second-order valence-corrected chi connectivity index (χ2v) is 19.5. The molecule has 2 aliphatic heterocycles. The van der Waals surface area contributed by atoms with Gasteiger partial charge in [-0.3, -0.25) is 10.0 Å². The summed E-state index contributed by atoms with van der Waals surface area (Å²) in [5.41, 5.74) is 2.74. The van der Waals surface area contributed by atoms with Crippen LogP contribution in [0.25, 0.3) is 10.9 Å². The molecule has 0 spiro atoms. The van der Waals surface area contributed by atoms with Crippen LogP contribution in [-0.4, -0.2) is 78.5 Å². The largest absolute Gasteiger partial charge is 0.444 e. The Hall–Kier alpha value is -2.35. The zero-order chi connectivity index (χ0) is 30.9. The minimum absolute atomic E-state index is 0.00869. The van der Waals surface area contributed by atoms with Gasteiger partial charge in [0.05, 0.1) is 16.8 Å². The number of rotatable bonds is 8. The van der Waals surface area contributed by atoms with Gasteiger partial charge in [-0.05, 0) is 61.7 Å². The van der Waals surface area contributed by atoms with Gasteiger partial charge in [0.1, 0.15) is 19.0 Å². The Balaban J connectivity index is 1.55. The van der Waals surface area contributed by atoms with Crippen LogP contribution >= 0.6 is 15.9 Å². The summed E-state index contributed by atoms with van der Waals surface area (Å²) in [7, 11) is -1.29. The van der Waals surface area contributed by atoms with Crippen molar-refractivity contribution in [3.8, 4) is 0 Å². The van der Waals surface area contributed by atoms with Gasteiger partial charge in [0.2, 0.25) is 0 Å². The number of alkyl halides is 3. The molecule has 1 aromatic heterocycles. The van der Waals surface area contributed by atoms with Crippen LogP contribution in [0.2, 0.25) is 25.7 Å². The first kappa shape index (κ1) is 32.6. The number of nitrogens with one attached hydrogen (secondary N) is 1. The van der Waals surface area contributed by atoms with Crippen molar-refractivity contribution in [2.24, 2.45) is 4.99 Å². The number of piperidine rings is 1. The van der Waals surface area contributed by atoms with Crippen molar-refractivity contribution in [3.63, 3.8) is 0 Å². The Labute approximate surface area is 255 Å². The van der Waals surface area contributed by atoms with Gasteiger partial charge in [0.25, 0.3) is 0 Å². The number of para-hydroxylation sites is 1. The van der Waals surface area contributed by atoms with Gasteiger partial charge in [0.15, 0.2) is 0 Å². The number of allylic oxidation sites excluding steroid dienone is 1. The van der Waals surface area contributed by atoms with Crippen molar-refractivity contribution in [3.05, 3.63) is 46.2 Å². The third-order valence-electron chi connectivity index (χ3n) is 6.98. The molecule has 0 bridgehead atoms. The predicted octanol–water partition coefficient (Wildman–Crippen LogP) is 7.13. The highest BCUT2D eigenvalue weighted by molar-refractivity contribution is 9.10. The van der Waals surface area contributed by atoms with Crippen molar-refractivity contribution in [2.45, 2.75) is 83.8 Å². The minimum atomic E-state index is -4.64. The third kappa shape index (κ3) is 8.39. The molecule has 0 radical (unpaired) electrons. The highest BCUT2D eigenvalue weighted by Crippen LogP contribution is 2.36. The number of amides is 1. The van der Waals surface area contributed by atoms with Crippen molar-refractivity contribution < 1.29 is 27.4 Å². The van der Waals surface area contributed by atoms with Gasteiger partial charge in [-0.25, -0.2) is 10.2 Å². The molecule has 0 unspecified atom stereocenters. The van der Waals surface area contributed by atoms with Crippen molar-refractivity contribution in [2.75, 3.05) is 26.4 Å². The smallest absolute Gasteiger partial charge is 0.419 e. The first-order chi connectivity index (χ1) is 19.5. The summed E-state index contributed by atoms with van der Waals surface area (Å²) in [6, 6.07) is 6.24. The predicted molar refractivity (Wildman–Crippen MR) is 165 cm³/mol. The number of benzene rings is 1. The maximum Gasteiger partial charge on any atom is 0.419 e. The Morgan fingerprint density at radius 1 is 1.21 bits per heavy atom. The first-order valence-corrected chi connectivity index (χ1v) is 18.7. The Morgan fingerprint density at radius 2 is 1.95 bits per heavy atom. The summed E-state index contributed by atoms with van der Waals surface area (Å²) in [4.78, 5) is 18.6. The maximum atomic E-state index is 14.5. The van der Waals surface area contributed by atoms with E-state index >= 15 is 0 Å². The summed E-state index contributed by atoms with van der Waals surface area (Å²) in [6.07, 6.45) is -0.857. The van der Waals surface area contributed by atoms with E-state index in [9.17, 15) is 18.0 Å². The summed E-state index contributed by atoms with van der Waals surface area (Å²) in [6.45, 7) is 13.9. The zero-order valence-corrected chi connectivity index (χ0v) is 27.7. The molecular weight excluding hydrogens is 631 g/mol. The van der Waals surface area contributed by atoms with Crippen LogP contribution in [0.1, 0.15) is 39.2 Å². The monoisotopic (exact) mass is 671 g/mol. The number of halogens is 4. The van der Waals surface area contributed by atoms with Crippen LogP contribution in [0.4, 0.5) is 18.0 Å². The van der Waals surface area contributed by atoms with Gasteiger partial charge < -0.3 is 18.9 Å². The van der Waals surface area contributed by atoms with Crippen LogP contribution < -0.4 is 5.43 Å². The standard InChI is InChI=1S/C29H41BrF3N5O3Si/c1-28(2,3)41-27(39)36-12-8-9-20(15-36)35-38-17-23(29(31,32)33)25(34-18-38)22-16-37(19-40-13-14-42(4,5)6)26-21(22)10-7-11-24(26)30/h7,10-11,16-17,20,35H,8-9,12-15,18-19H2,1-6H3/t20-/m0/s1. The highest BCUT2D eigenvalue weighted by Gasteiger charge is 2.41. The number of carbonyl (C=O) groups is 1. The molecule has 232 valence electrons. The molecule has 42 heavy (non-hydrogen) atoms. The van der Waals surface area contributed by atoms with Gasteiger partial charge in [-0.1, -0.05) is 31.8 Å². The quantitative estimate of drug-likeness (QED) is 0.239. The van der Waals surface area contributed by atoms with Gasteiger partial charge in [-0.2, -0.15) is 13.2 Å². The molecule has 4 rings (SSSR count). The van der Waals surface area contributed by atoms with Gasteiger partial charge in [0, 0.05) is 61.6 Å². The van der Waals surface area contributed by atoms with Crippen molar-refractivity contribution in [1.29, 1.82) is 0 Å². The second-order valence-electron chi connectivity index (χ2n) is 13.0. The SMILES string of the molecule is CC(C)(C)OC(=O)N1CCC[C@H](NN2C=C(C(F)(F)F)C(c3cn(COCC[Si](C)(C)C)c4c(Br)cccc34)=NC2)C1. The molecule has 0 saturated carbocycles. The second kappa shape index (κ2) is 12.7. The number of likely N-dealkylation sites (tertiary alicyclic amines) is 1. The summed E-state index contributed by atoms with van der Waals surface area (Å²) >= 11 is 3.57. The number of hydrogen-bond acceptors (Lipinski definition) is 6. The van der Waals surface area contributed by atoms with Crippen LogP contribution in [0.5, 0.6) is 0 Å².